The van der Waals surface area contributed by atoms with Crippen molar-refractivity contribution in [2.45, 2.75) is 37.6 Å². The average molecular weight is 256 g/mol. The Hall–Kier alpha value is -0.910. The summed E-state index contributed by atoms with van der Waals surface area (Å²) in [5.41, 5.74) is 6.02. The Labute approximate surface area is 103 Å². The van der Waals surface area contributed by atoms with E-state index in [-0.39, 0.29) is 6.54 Å². The minimum atomic E-state index is -3.47. The summed E-state index contributed by atoms with van der Waals surface area (Å²) in [7, 11) is -3.47. The van der Waals surface area contributed by atoms with Crippen LogP contribution in [0.1, 0.15) is 26.3 Å². The molecule has 0 saturated heterocycles. The molecule has 5 heteroatoms. The van der Waals surface area contributed by atoms with E-state index in [4.69, 9.17) is 5.73 Å². The molecule has 3 N–H and O–H groups in total. The third-order valence-electron chi connectivity index (χ3n) is 2.36. The molecule has 96 valence electrons. The van der Waals surface area contributed by atoms with Crippen LogP contribution in [0.5, 0.6) is 0 Å². The molecule has 4 nitrogen and oxygen atoms in total. The van der Waals surface area contributed by atoms with Crippen molar-refractivity contribution >= 4 is 10.0 Å². The number of sulfonamides is 1. The molecule has 0 saturated carbocycles. The molecule has 0 bridgehead atoms. The lowest BCUT2D eigenvalue weighted by Gasteiger charge is -2.19. The zero-order valence-electron chi connectivity index (χ0n) is 10.5. The van der Waals surface area contributed by atoms with Gasteiger partial charge in [-0.1, -0.05) is 25.1 Å². The Morgan fingerprint density at radius 3 is 2.41 bits per heavy atom. The van der Waals surface area contributed by atoms with E-state index in [0.29, 0.717) is 11.3 Å². The molecule has 0 heterocycles. The second-order valence-corrected chi connectivity index (χ2v) is 6.51. The van der Waals surface area contributed by atoms with Gasteiger partial charge in [-0.15, -0.1) is 0 Å². The molecule has 0 amide bonds. The summed E-state index contributed by atoms with van der Waals surface area (Å²) in [6.45, 7) is 5.71. The Bertz CT molecular complexity index is 476. The molecule has 0 radical (unpaired) electrons. The van der Waals surface area contributed by atoms with Crippen LogP contribution in [0, 0.1) is 0 Å². The number of rotatable bonds is 5. The summed E-state index contributed by atoms with van der Waals surface area (Å²) in [4.78, 5) is 0.340. The molecule has 0 aliphatic heterocycles. The van der Waals surface area contributed by atoms with Crippen LogP contribution in [-0.4, -0.2) is 20.5 Å². The van der Waals surface area contributed by atoms with Gasteiger partial charge in [0.2, 0.25) is 10.0 Å². The summed E-state index contributed by atoms with van der Waals surface area (Å²) in [5.74, 6) is 0. The van der Waals surface area contributed by atoms with Crippen LogP contribution in [0.4, 0.5) is 0 Å². The van der Waals surface area contributed by atoms with E-state index >= 15 is 0 Å². The minimum absolute atomic E-state index is 0.216. The fraction of sp³-hybridized carbons (Fsp3) is 0.500. The second kappa shape index (κ2) is 5.16. The van der Waals surface area contributed by atoms with Crippen molar-refractivity contribution in [3.63, 3.8) is 0 Å². The number of nitrogens with one attached hydrogen (secondary N) is 1. The monoisotopic (exact) mass is 256 g/mol. The van der Waals surface area contributed by atoms with Crippen molar-refractivity contribution in [1.29, 1.82) is 0 Å². The van der Waals surface area contributed by atoms with Gasteiger partial charge in [0.05, 0.1) is 4.90 Å². The maximum Gasteiger partial charge on any atom is 0.240 e. The maximum absolute atomic E-state index is 12.1. The van der Waals surface area contributed by atoms with Crippen molar-refractivity contribution in [3.05, 3.63) is 29.8 Å². The van der Waals surface area contributed by atoms with E-state index in [1.165, 1.54) is 0 Å². The van der Waals surface area contributed by atoms with E-state index < -0.39 is 15.6 Å². The number of hydrogen-bond donors (Lipinski definition) is 2. The summed E-state index contributed by atoms with van der Waals surface area (Å²) in [6.07, 6.45) is 0.684. The van der Waals surface area contributed by atoms with Gasteiger partial charge in [0, 0.05) is 12.1 Å². The topological polar surface area (TPSA) is 72.2 Å². The maximum atomic E-state index is 12.1. The van der Waals surface area contributed by atoms with Crippen LogP contribution in [0.3, 0.4) is 0 Å². The first-order valence-corrected chi connectivity index (χ1v) is 7.11. The molecule has 1 aromatic rings. The Balaban J connectivity index is 2.98. The van der Waals surface area contributed by atoms with Gasteiger partial charge in [-0.3, -0.25) is 0 Å². The largest absolute Gasteiger partial charge is 0.324 e. The molecule has 0 atom stereocenters. The van der Waals surface area contributed by atoms with Crippen LogP contribution in [0.2, 0.25) is 0 Å². The lowest BCUT2D eigenvalue weighted by atomic mass is 10.1. The standard InChI is InChI=1S/C12H20N2O2S/c1-4-10-7-5-6-8-11(10)17(15,16)14-9-12(2,3)13/h5-8,14H,4,9,13H2,1-3H3. The predicted octanol–water partition coefficient (Wildman–Crippen LogP) is 1.26. The number of nitrogens with two attached hydrogens (primary N) is 1. The van der Waals surface area contributed by atoms with Crippen molar-refractivity contribution < 1.29 is 8.42 Å². The molecular weight excluding hydrogens is 236 g/mol. The number of benzene rings is 1. The van der Waals surface area contributed by atoms with Gasteiger partial charge in [0.1, 0.15) is 0 Å². The third-order valence-corrected chi connectivity index (χ3v) is 3.86. The Morgan fingerprint density at radius 2 is 1.88 bits per heavy atom. The lowest BCUT2D eigenvalue weighted by molar-refractivity contribution is 0.497. The first-order chi connectivity index (χ1) is 7.76. The van der Waals surface area contributed by atoms with Crippen molar-refractivity contribution in [2.24, 2.45) is 5.73 Å². The van der Waals surface area contributed by atoms with Crippen LogP contribution in [0.25, 0.3) is 0 Å². The zero-order valence-corrected chi connectivity index (χ0v) is 11.3. The highest BCUT2D eigenvalue weighted by Gasteiger charge is 2.20. The molecular formula is C12H20N2O2S. The van der Waals surface area contributed by atoms with Crippen molar-refractivity contribution in [3.8, 4) is 0 Å². The van der Waals surface area contributed by atoms with E-state index in [9.17, 15) is 8.42 Å². The zero-order chi connectivity index (χ0) is 13.1. The van der Waals surface area contributed by atoms with Crippen LogP contribution in [-0.2, 0) is 16.4 Å². The Kier molecular flexibility index (Phi) is 4.30. The van der Waals surface area contributed by atoms with E-state index in [2.05, 4.69) is 4.72 Å². The predicted molar refractivity (Wildman–Crippen MR) is 69.3 cm³/mol. The molecule has 17 heavy (non-hydrogen) atoms. The smallest absolute Gasteiger partial charge is 0.240 e. The molecule has 0 aliphatic rings. The number of hydrogen-bond acceptors (Lipinski definition) is 3. The second-order valence-electron chi connectivity index (χ2n) is 4.77. The molecule has 0 spiro atoms. The highest BCUT2D eigenvalue weighted by Crippen LogP contribution is 2.15. The highest BCUT2D eigenvalue weighted by atomic mass is 32.2. The van der Waals surface area contributed by atoms with Gasteiger partial charge in [-0.25, -0.2) is 13.1 Å². The number of aryl methyl sites for hydroxylation is 1. The summed E-state index contributed by atoms with van der Waals surface area (Å²) >= 11 is 0. The highest BCUT2D eigenvalue weighted by molar-refractivity contribution is 7.89. The van der Waals surface area contributed by atoms with Crippen molar-refractivity contribution in [1.82, 2.24) is 4.72 Å². The van der Waals surface area contributed by atoms with Crippen LogP contribution >= 0.6 is 0 Å². The van der Waals surface area contributed by atoms with E-state index in [1.807, 2.05) is 19.1 Å². The first-order valence-electron chi connectivity index (χ1n) is 5.63. The van der Waals surface area contributed by atoms with Gasteiger partial charge in [-0.05, 0) is 31.9 Å². The third kappa shape index (κ3) is 4.11. The Morgan fingerprint density at radius 1 is 1.29 bits per heavy atom. The van der Waals surface area contributed by atoms with Gasteiger partial charge in [0.25, 0.3) is 0 Å². The molecule has 0 unspecified atom stereocenters. The minimum Gasteiger partial charge on any atom is -0.324 e. The fourth-order valence-corrected chi connectivity index (χ4v) is 2.95. The molecule has 0 aliphatic carbocycles. The van der Waals surface area contributed by atoms with Gasteiger partial charge < -0.3 is 5.73 Å². The van der Waals surface area contributed by atoms with Crippen LogP contribution in [0.15, 0.2) is 29.2 Å². The SMILES string of the molecule is CCc1ccccc1S(=O)(=O)NCC(C)(C)N. The van der Waals surface area contributed by atoms with E-state index in [0.717, 1.165) is 5.56 Å². The summed E-state index contributed by atoms with van der Waals surface area (Å²) in [5, 5.41) is 0. The normalized spacial score (nSPS) is 12.7. The first kappa shape index (κ1) is 14.2. The summed E-state index contributed by atoms with van der Waals surface area (Å²) < 4.78 is 26.7. The average Bonchev–Trinajstić information content (AvgIpc) is 2.26. The molecule has 1 rings (SSSR count). The van der Waals surface area contributed by atoms with E-state index in [1.54, 1.807) is 26.0 Å². The van der Waals surface area contributed by atoms with Gasteiger partial charge in [0.15, 0.2) is 0 Å². The lowest BCUT2D eigenvalue weighted by Crippen LogP contribution is -2.45. The quantitative estimate of drug-likeness (QED) is 0.833. The molecule has 1 aromatic carbocycles. The molecule has 0 aromatic heterocycles. The van der Waals surface area contributed by atoms with Crippen molar-refractivity contribution in [2.75, 3.05) is 6.54 Å². The van der Waals surface area contributed by atoms with Crippen LogP contribution < -0.4 is 10.5 Å². The van der Waals surface area contributed by atoms with Gasteiger partial charge >= 0.3 is 0 Å². The molecule has 0 fully saturated rings. The van der Waals surface area contributed by atoms with Gasteiger partial charge in [-0.2, -0.15) is 0 Å². The fourth-order valence-electron chi connectivity index (χ4n) is 1.42. The summed E-state index contributed by atoms with van der Waals surface area (Å²) in [6, 6.07) is 7.00.